The Kier molecular flexibility index (Phi) is 4.30. The Morgan fingerprint density at radius 2 is 2.21 bits per heavy atom. The predicted octanol–water partition coefficient (Wildman–Crippen LogP) is 2.87. The second-order valence-electron chi connectivity index (χ2n) is 3.85. The molecule has 98 valence electrons. The van der Waals surface area contributed by atoms with Crippen molar-refractivity contribution in [2.45, 2.75) is 6.42 Å². The summed E-state index contributed by atoms with van der Waals surface area (Å²) in [7, 11) is 1.65. The van der Waals surface area contributed by atoms with E-state index in [0.29, 0.717) is 5.13 Å². The molecule has 1 aromatic carbocycles. The van der Waals surface area contributed by atoms with E-state index in [4.69, 9.17) is 4.74 Å². The van der Waals surface area contributed by atoms with Gasteiger partial charge in [0, 0.05) is 17.5 Å². The lowest BCUT2D eigenvalue weighted by Gasteiger charge is -2.01. The van der Waals surface area contributed by atoms with Crippen molar-refractivity contribution in [3.05, 3.63) is 53.6 Å². The van der Waals surface area contributed by atoms with E-state index in [2.05, 4.69) is 16.9 Å². The quantitative estimate of drug-likeness (QED) is 0.853. The summed E-state index contributed by atoms with van der Waals surface area (Å²) in [6.45, 7) is 3.40. The minimum absolute atomic E-state index is 0.245. The lowest BCUT2D eigenvalue weighted by molar-refractivity contribution is -0.111. The molecule has 0 aliphatic rings. The van der Waals surface area contributed by atoms with Crippen LogP contribution in [0, 0.1) is 0 Å². The smallest absolute Gasteiger partial charge is 0.249 e. The van der Waals surface area contributed by atoms with Crippen LogP contribution >= 0.6 is 11.3 Å². The maximum Gasteiger partial charge on any atom is 0.249 e. The summed E-state index contributed by atoms with van der Waals surface area (Å²) in [6, 6.07) is 7.88. The first-order valence-electron chi connectivity index (χ1n) is 5.72. The van der Waals surface area contributed by atoms with Gasteiger partial charge in [0.1, 0.15) is 5.75 Å². The molecule has 19 heavy (non-hydrogen) atoms. The first-order valence-corrected chi connectivity index (χ1v) is 6.54. The Bertz CT molecular complexity index is 575. The summed E-state index contributed by atoms with van der Waals surface area (Å²) < 4.78 is 5.11. The van der Waals surface area contributed by atoms with Crippen LogP contribution in [0.3, 0.4) is 0 Å². The maximum absolute atomic E-state index is 11.1. The molecule has 0 fully saturated rings. The number of aromatic nitrogens is 1. The maximum atomic E-state index is 11.1. The van der Waals surface area contributed by atoms with Gasteiger partial charge in [-0.25, -0.2) is 4.98 Å². The molecule has 0 aliphatic heterocycles. The van der Waals surface area contributed by atoms with Gasteiger partial charge in [-0.05, 0) is 23.8 Å². The molecular weight excluding hydrogens is 260 g/mol. The third kappa shape index (κ3) is 3.66. The van der Waals surface area contributed by atoms with Crippen LogP contribution in [0.15, 0.2) is 43.1 Å². The Morgan fingerprint density at radius 1 is 1.47 bits per heavy atom. The van der Waals surface area contributed by atoms with Gasteiger partial charge in [0.2, 0.25) is 5.91 Å². The minimum Gasteiger partial charge on any atom is -0.497 e. The van der Waals surface area contributed by atoms with E-state index >= 15 is 0 Å². The van der Waals surface area contributed by atoms with E-state index < -0.39 is 0 Å². The molecule has 1 N–H and O–H groups in total. The monoisotopic (exact) mass is 274 g/mol. The number of ether oxygens (including phenoxy) is 1. The highest BCUT2D eigenvalue weighted by molar-refractivity contribution is 7.15. The highest BCUT2D eigenvalue weighted by Crippen LogP contribution is 2.22. The average Bonchev–Trinajstić information content (AvgIpc) is 2.86. The summed E-state index contributed by atoms with van der Waals surface area (Å²) in [5, 5.41) is 3.24. The molecule has 0 unspecified atom stereocenters. The van der Waals surface area contributed by atoms with Crippen LogP contribution in [0.5, 0.6) is 5.75 Å². The topological polar surface area (TPSA) is 51.2 Å². The van der Waals surface area contributed by atoms with Crippen molar-refractivity contribution in [1.82, 2.24) is 4.98 Å². The Labute approximate surface area is 115 Å². The molecule has 2 aromatic rings. The molecule has 4 nitrogen and oxygen atoms in total. The second-order valence-corrected chi connectivity index (χ2v) is 4.97. The number of benzene rings is 1. The van der Waals surface area contributed by atoms with Gasteiger partial charge in [-0.15, -0.1) is 11.3 Å². The second kappa shape index (κ2) is 6.15. The van der Waals surface area contributed by atoms with E-state index in [1.807, 2.05) is 24.3 Å². The number of anilines is 1. The molecule has 0 saturated heterocycles. The van der Waals surface area contributed by atoms with Crippen molar-refractivity contribution >= 4 is 22.4 Å². The highest BCUT2D eigenvalue weighted by atomic mass is 32.1. The molecular formula is C14H14N2O2S. The number of carbonyl (C=O) groups excluding carboxylic acids is 1. The zero-order valence-corrected chi connectivity index (χ0v) is 11.4. The number of methoxy groups -OCH3 is 1. The fourth-order valence-electron chi connectivity index (χ4n) is 1.55. The van der Waals surface area contributed by atoms with Gasteiger partial charge in [-0.2, -0.15) is 0 Å². The van der Waals surface area contributed by atoms with Gasteiger partial charge >= 0.3 is 0 Å². The zero-order chi connectivity index (χ0) is 13.7. The molecule has 0 saturated carbocycles. The number of rotatable bonds is 5. The van der Waals surface area contributed by atoms with Gasteiger partial charge in [0.15, 0.2) is 5.13 Å². The normalized spacial score (nSPS) is 9.95. The van der Waals surface area contributed by atoms with Crippen LogP contribution in [-0.4, -0.2) is 18.0 Å². The molecule has 0 spiro atoms. The molecule has 1 amide bonds. The van der Waals surface area contributed by atoms with Crippen LogP contribution < -0.4 is 10.1 Å². The number of hydrogen-bond donors (Lipinski definition) is 1. The van der Waals surface area contributed by atoms with Crippen LogP contribution in [0.25, 0.3) is 0 Å². The Balaban J connectivity index is 2.02. The molecule has 1 aromatic heterocycles. The molecule has 1 heterocycles. The number of nitrogens with one attached hydrogen (secondary N) is 1. The molecule has 0 aliphatic carbocycles. The lowest BCUT2D eigenvalue weighted by Crippen LogP contribution is -2.06. The first-order chi connectivity index (χ1) is 9.21. The largest absolute Gasteiger partial charge is 0.497 e. The summed E-state index contributed by atoms with van der Waals surface area (Å²) in [5.74, 6) is 0.595. The Morgan fingerprint density at radius 3 is 2.84 bits per heavy atom. The van der Waals surface area contributed by atoms with Crippen LogP contribution in [-0.2, 0) is 11.2 Å². The van der Waals surface area contributed by atoms with Gasteiger partial charge in [0.25, 0.3) is 0 Å². The van der Waals surface area contributed by atoms with E-state index in [0.717, 1.165) is 17.0 Å². The summed E-state index contributed by atoms with van der Waals surface area (Å²) >= 11 is 1.46. The summed E-state index contributed by atoms with van der Waals surface area (Å²) in [4.78, 5) is 16.4. The number of carbonyl (C=O) groups is 1. The van der Waals surface area contributed by atoms with E-state index in [1.54, 1.807) is 13.3 Å². The minimum atomic E-state index is -0.245. The molecule has 5 heteroatoms. The highest BCUT2D eigenvalue weighted by Gasteiger charge is 2.05. The standard InChI is InChI=1S/C14H14N2O2S/c1-3-13(17)16-14-15-9-12(19-14)8-10-4-6-11(18-2)7-5-10/h3-7,9H,1,8H2,2H3,(H,15,16,17). The fourth-order valence-corrected chi connectivity index (χ4v) is 2.40. The third-order valence-electron chi connectivity index (χ3n) is 2.51. The van der Waals surface area contributed by atoms with Gasteiger partial charge in [0.05, 0.1) is 7.11 Å². The molecule has 0 atom stereocenters. The van der Waals surface area contributed by atoms with Crippen LogP contribution in [0.2, 0.25) is 0 Å². The van der Waals surface area contributed by atoms with E-state index in [1.165, 1.54) is 23.0 Å². The van der Waals surface area contributed by atoms with Crippen molar-refractivity contribution < 1.29 is 9.53 Å². The molecule has 2 rings (SSSR count). The van der Waals surface area contributed by atoms with Crippen LogP contribution in [0.1, 0.15) is 10.4 Å². The van der Waals surface area contributed by atoms with Crippen molar-refractivity contribution in [3.63, 3.8) is 0 Å². The van der Waals surface area contributed by atoms with Gasteiger partial charge < -0.3 is 4.74 Å². The molecule has 0 radical (unpaired) electrons. The summed E-state index contributed by atoms with van der Waals surface area (Å²) in [5.41, 5.74) is 1.17. The zero-order valence-electron chi connectivity index (χ0n) is 10.6. The number of nitrogens with zero attached hydrogens (tertiary/aromatic N) is 1. The Hall–Kier alpha value is -2.14. The number of hydrogen-bond acceptors (Lipinski definition) is 4. The number of amides is 1. The SMILES string of the molecule is C=CC(=O)Nc1ncc(Cc2ccc(OC)cc2)s1. The first kappa shape index (κ1) is 13.3. The van der Waals surface area contributed by atoms with Crippen molar-refractivity contribution in [2.24, 2.45) is 0 Å². The predicted molar refractivity (Wildman–Crippen MR) is 76.7 cm³/mol. The van der Waals surface area contributed by atoms with Gasteiger partial charge in [-0.1, -0.05) is 18.7 Å². The number of thiazole rings is 1. The van der Waals surface area contributed by atoms with E-state index in [9.17, 15) is 4.79 Å². The van der Waals surface area contributed by atoms with Crippen molar-refractivity contribution in [1.29, 1.82) is 0 Å². The fraction of sp³-hybridized carbons (Fsp3) is 0.143. The molecule has 0 bridgehead atoms. The lowest BCUT2D eigenvalue weighted by atomic mass is 10.1. The average molecular weight is 274 g/mol. The van der Waals surface area contributed by atoms with E-state index in [-0.39, 0.29) is 5.91 Å². The van der Waals surface area contributed by atoms with Gasteiger partial charge in [-0.3, -0.25) is 10.1 Å². The summed E-state index contributed by atoms with van der Waals surface area (Å²) in [6.07, 6.45) is 3.78. The third-order valence-corrected chi connectivity index (χ3v) is 3.42. The van der Waals surface area contributed by atoms with Crippen molar-refractivity contribution in [2.75, 3.05) is 12.4 Å². The van der Waals surface area contributed by atoms with Crippen LogP contribution in [0.4, 0.5) is 5.13 Å². The van der Waals surface area contributed by atoms with Crippen molar-refractivity contribution in [3.8, 4) is 5.75 Å².